The molecule has 1 N–H and O–H groups in total. The Kier molecular flexibility index (Phi) is 3.53. The molecule has 0 amide bonds. The van der Waals surface area contributed by atoms with Crippen LogP contribution >= 0.6 is 31.9 Å². The molecule has 0 unspecified atom stereocenters. The SMILES string of the molecule is CC(C)Nc1ncc(Br)cc1Br. The van der Waals surface area contributed by atoms with Gasteiger partial charge in [-0.3, -0.25) is 0 Å². The summed E-state index contributed by atoms with van der Waals surface area (Å²) in [5.74, 6) is 0.883. The number of nitrogens with zero attached hydrogens (tertiary/aromatic N) is 1. The first-order valence-electron chi connectivity index (χ1n) is 3.67. The van der Waals surface area contributed by atoms with Crippen LogP contribution in [0.4, 0.5) is 5.82 Å². The van der Waals surface area contributed by atoms with Crippen LogP contribution in [0.1, 0.15) is 13.8 Å². The fourth-order valence-electron chi connectivity index (χ4n) is 0.794. The van der Waals surface area contributed by atoms with E-state index in [4.69, 9.17) is 0 Å². The second kappa shape index (κ2) is 4.23. The zero-order valence-corrected chi connectivity index (χ0v) is 10.1. The van der Waals surface area contributed by atoms with Gasteiger partial charge in [0.15, 0.2) is 0 Å². The van der Waals surface area contributed by atoms with Crippen molar-refractivity contribution in [3.8, 4) is 0 Å². The molecule has 2 nitrogen and oxygen atoms in total. The van der Waals surface area contributed by atoms with Gasteiger partial charge in [0, 0.05) is 16.7 Å². The lowest BCUT2D eigenvalue weighted by molar-refractivity contribution is 0.887. The number of hydrogen-bond acceptors (Lipinski definition) is 2. The van der Waals surface area contributed by atoms with Crippen molar-refractivity contribution in [3.63, 3.8) is 0 Å². The third-order valence-corrected chi connectivity index (χ3v) is 2.27. The van der Waals surface area contributed by atoms with E-state index < -0.39 is 0 Å². The fourth-order valence-corrected chi connectivity index (χ4v) is 1.90. The monoisotopic (exact) mass is 292 g/mol. The normalized spacial score (nSPS) is 10.4. The van der Waals surface area contributed by atoms with E-state index in [1.165, 1.54) is 0 Å². The average Bonchev–Trinajstić information content (AvgIpc) is 1.94. The topological polar surface area (TPSA) is 24.9 Å². The van der Waals surface area contributed by atoms with E-state index in [-0.39, 0.29) is 0 Å². The van der Waals surface area contributed by atoms with Gasteiger partial charge in [-0.25, -0.2) is 4.98 Å². The van der Waals surface area contributed by atoms with Gasteiger partial charge in [-0.1, -0.05) is 0 Å². The summed E-state index contributed by atoms with van der Waals surface area (Å²) in [7, 11) is 0. The summed E-state index contributed by atoms with van der Waals surface area (Å²) < 4.78 is 1.95. The Balaban J connectivity index is 2.86. The maximum absolute atomic E-state index is 4.21. The molecule has 0 aliphatic carbocycles. The molecule has 1 aromatic heterocycles. The highest BCUT2D eigenvalue weighted by Crippen LogP contribution is 2.23. The molecule has 0 fully saturated rings. The van der Waals surface area contributed by atoms with E-state index in [1.807, 2.05) is 6.07 Å². The average molecular weight is 294 g/mol. The number of hydrogen-bond donors (Lipinski definition) is 1. The van der Waals surface area contributed by atoms with Crippen LogP contribution in [0.5, 0.6) is 0 Å². The molecule has 0 saturated carbocycles. The lowest BCUT2D eigenvalue weighted by atomic mass is 10.4. The van der Waals surface area contributed by atoms with Gasteiger partial charge in [-0.15, -0.1) is 0 Å². The zero-order chi connectivity index (χ0) is 9.14. The summed E-state index contributed by atoms with van der Waals surface area (Å²) in [5, 5.41) is 3.22. The first-order valence-corrected chi connectivity index (χ1v) is 5.26. The van der Waals surface area contributed by atoms with Crippen molar-refractivity contribution in [3.05, 3.63) is 21.2 Å². The minimum atomic E-state index is 0.398. The van der Waals surface area contributed by atoms with Crippen LogP contribution in [0.2, 0.25) is 0 Å². The van der Waals surface area contributed by atoms with Crippen LogP contribution in [0.15, 0.2) is 21.2 Å². The van der Waals surface area contributed by atoms with Crippen LogP contribution in [0.25, 0.3) is 0 Å². The molecule has 0 aromatic carbocycles. The largest absolute Gasteiger partial charge is 0.367 e. The van der Waals surface area contributed by atoms with Crippen molar-refractivity contribution in [2.75, 3.05) is 5.32 Å². The van der Waals surface area contributed by atoms with Gasteiger partial charge in [0.25, 0.3) is 0 Å². The molecule has 4 heteroatoms. The summed E-state index contributed by atoms with van der Waals surface area (Å²) in [6.45, 7) is 4.16. The first-order chi connectivity index (χ1) is 5.59. The van der Waals surface area contributed by atoms with E-state index in [1.54, 1.807) is 6.20 Å². The second-order valence-corrected chi connectivity index (χ2v) is 4.55. The maximum atomic E-state index is 4.21. The Bertz CT molecular complexity index is 274. The number of pyridine rings is 1. The zero-order valence-electron chi connectivity index (χ0n) is 6.94. The predicted octanol–water partition coefficient (Wildman–Crippen LogP) is 3.43. The van der Waals surface area contributed by atoms with Crippen molar-refractivity contribution in [2.24, 2.45) is 0 Å². The van der Waals surface area contributed by atoms with Crippen molar-refractivity contribution < 1.29 is 0 Å². The smallest absolute Gasteiger partial charge is 0.140 e. The van der Waals surface area contributed by atoms with E-state index in [9.17, 15) is 0 Å². The highest BCUT2D eigenvalue weighted by molar-refractivity contribution is 9.11. The lowest BCUT2D eigenvalue weighted by Crippen LogP contribution is -2.11. The van der Waals surface area contributed by atoms with Crippen molar-refractivity contribution in [1.82, 2.24) is 4.98 Å². The molecule has 12 heavy (non-hydrogen) atoms. The number of rotatable bonds is 2. The van der Waals surface area contributed by atoms with Gasteiger partial charge in [0.2, 0.25) is 0 Å². The van der Waals surface area contributed by atoms with Crippen LogP contribution in [0.3, 0.4) is 0 Å². The molecule has 1 rings (SSSR count). The van der Waals surface area contributed by atoms with E-state index >= 15 is 0 Å². The van der Waals surface area contributed by atoms with E-state index in [2.05, 4.69) is 56.0 Å². The number of aromatic nitrogens is 1. The molecular weight excluding hydrogens is 284 g/mol. The summed E-state index contributed by atoms with van der Waals surface area (Å²) in [5.41, 5.74) is 0. The van der Waals surface area contributed by atoms with Crippen LogP contribution in [-0.4, -0.2) is 11.0 Å². The van der Waals surface area contributed by atoms with Gasteiger partial charge in [0.1, 0.15) is 5.82 Å². The molecule has 0 aliphatic heterocycles. The Morgan fingerprint density at radius 3 is 2.58 bits per heavy atom. The minimum Gasteiger partial charge on any atom is -0.367 e. The standard InChI is InChI=1S/C8H10Br2N2/c1-5(2)12-8-7(10)3-6(9)4-11-8/h3-5H,1-2H3,(H,11,12). The molecule has 0 bridgehead atoms. The highest BCUT2D eigenvalue weighted by atomic mass is 79.9. The molecule has 0 aliphatic rings. The van der Waals surface area contributed by atoms with Gasteiger partial charge in [-0.05, 0) is 51.8 Å². The third-order valence-electron chi connectivity index (χ3n) is 1.23. The Hall–Kier alpha value is -0.0900. The summed E-state index contributed by atoms with van der Waals surface area (Å²) in [6, 6.07) is 2.37. The van der Waals surface area contributed by atoms with Crippen LogP contribution < -0.4 is 5.32 Å². The molecule has 0 spiro atoms. The Morgan fingerprint density at radius 1 is 1.42 bits per heavy atom. The van der Waals surface area contributed by atoms with Crippen LogP contribution in [0, 0.1) is 0 Å². The Morgan fingerprint density at radius 2 is 2.08 bits per heavy atom. The van der Waals surface area contributed by atoms with Gasteiger partial charge in [-0.2, -0.15) is 0 Å². The first kappa shape index (κ1) is 9.99. The van der Waals surface area contributed by atoms with Gasteiger partial charge in [0.05, 0.1) is 4.47 Å². The molecule has 0 saturated heterocycles. The van der Waals surface area contributed by atoms with Crippen molar-refractivity contribution in [2.45, 2.75) is 19.9 Å². The fraction of sp³-hybridized carbons (Fsp3) is 0.375. The summed E-state index contributed by atoms with van der Waals surface area (Å²) in [4.78, 5) is 4.21. The minimum absolute atomic E-state index is 0.398. The molecule has 66 valence electrons. The number of nitrogens with one attached hydrogen (secondary N) is 1. The third kappa shape index (κ3) is 2.75. The van der Waals surface area contributed by atoms with Crippen LogP contribution in [-0.2, 0) is 0 Å². The number of halogens is 2. The second-order valence-electron chi connectivity index (χ2n) is 2.78. The highest BCUT2D eigenvalue weighted by Gasteiger charge is 2.02. The van der Waals surface area contributed by atoms with E-state index in [0.717, 1.165) is 14.8 Å². The van der Waals surface area contributed by atoms with Crippen molar-refractivity contribution >= 4 is 37.7 Å². The van der Waals surface area contributed by atoms with E-state index in [0.29, 0.717) is 6.04 Å². The summed E-state index contributed by atoms with van der Waals surface area (Å²) in [6.07, 6.45) is 1.77. The molecule has 1 heterocycles. The number of anilines is 1. The quantitative estimate of drug-likeness (QED) is 0.904. The maximum Gasteiger partial charge on any atom is 0.140 e. The molecule has 0 atom stereocenters. The molecule has 1 aromatic rings. The molecular formula is C8H10Br2N2. The summed E-state index contributed by atoms with van der Waals surface area (Å²) >= 11 is 6.76. The lowest BCUT2D eigenvalue weighted by Gasteiger charge is -2.10. The molecule has 0 radical (unpaired) electrons. The van der Waals surface area contributed by atoms with Gasteiger partial charge >= 0.3 is 0 Å². The predicted molar refractivity (Wildman–Crippen MR) is 58.4 cm³/mol. The van der Waals surface area contributed by atoms with Crippen molar-refractivity contribution in [1.29, 1.82) is 0 Å². The Labute approximate surface area is 89.0 Å². The van der Waals surface area contributed by atoms with Gasteiger partial charge < -0.3 is 5.32 Å².